The van der Waals surface area contributed by atoms with Gasteiger partial charge in [0, 0.05) is 0 Å². The maximum Gasteiger partial charge on any atom is 0.404 e. The second-order valence-electron chi connectivity index (χ2n) is 3.60. The van der Waals surface area contributed by atoms with Gasteiger partial charge in [-0.15, -0.1) is 0 Å². The van der Waals surface area contributed by atoms with E-state index in [1.54, 1.807) is 22.8 Å². The van der Waals surface area contributed by atoms with Gasteiger partial charge >= 0.3 is 6.09 Å². The second kappa shape index (κ2) is 4.63. The highest BCUT2D eigenvalue weighted by Gasteiger charge is 2.09. The summed E-state index contributed by atoms with van der Waals surface area (Å²) in [5, 5.41) is 8.85. The summed E-state index contributed by atoms with van der Waals surface area (Å²) in [4.78, 5) is 14.6. The number of ether oxygens (including phenoxy) is 1. The second-order valence-corrected chi connectivity index (χ2v) is 3.60. The number of carbonyl (C=O) groups excluding carboxylic acids is 1. The fourth-order valence-corrected chi connectivity index (χ4v) is 1.68. The molecule has 1 aromatic heterocycles. The number of nitrogen functional groups attached to an aromatic ring is 1. The van der Waals surface area contributed by atoms with E-state index in [9.17, 15) is 4.79 Å². The van der Waals surface area contributed by atoms with Crippen molar-refractivity contribution in [3.05, 3.63) is 23.8 Å². The van der Waals surface area contributed by atoms with Crippen LogP contribution in [0, 0.1) is 11.3 Å². The van der Waals surface area contributed by atoms with E-state index in [-0.39, 0.29) is 6.61 Å². The zero-order chi connectivity index (χ0) is 13.1. The summed E-state index contributed by atoms with van der Waals surface area (Å²) in [5.41, 5.74) is 12.5. The molecule has 0 aliphatic carbocycles. The third-order valence-electron chi connectivity index (χ3n) is 2.47. The van der Waals surface area contributed by atoms with E-state index in [4.69, 9.17) is 16.7 Å². The maximum atomic E-state index is 10.5. The summed E-state index contributed by atoms with van der Waals surface area (Å²) in [6.07, 6.45) is -0.837. The van der Waals surface area contributed by atoms with Crippen molar-refractivity contribution in [2.24, 2.45) is 5.73 Å². The lowest BCUT2D eigenvalue weighted by atomic mass is 10.2. The molecule has 1 aromatic carbocycles. The highest BCUT2D eigenvalue weighted by molar-refractivity contribution is 5.79. The first kappa shape index (κ1) is 11.7. The van der Waals surface area contributed by atoms with Gasteiger partial charge in [0.2, 0.25) is 5.95 Å². The van der Waals surface area contributed by atoms with Gasteiger partial charge in [0.25, 0.3) is 0 Å². The molecule has 7 heteroatoms. The molecule has 7 nitrogen and oxygen atoms in total. The Morgan fingerprint density at radius 2 is 2.33 bits per heavy atom. The van der Waals surface area contributed by atoms with Crippen LogP contribution in [0.2, 0.25) is 0 Å². The predicted octanol–water partition coefficient (Wildman–Crippen LogP) is 0.585. The molecule has 18 heavy (non-hydrogen) atoms. The number of aromatic nitrogens is 2. The van der Waals surface area contributed by atoms with Gasteiger partial charge in [0.05, 0.1) is 29.2 Å². The van der Waals surface area contributed by atoms with Crippen LogP contribution in [-0.4, -0.2) is 22.3 Å². The van der Waals surface area contributed by atoms with E-state index in [0.717, 1.165) is 5.52 Å². The number of hydrogen-bond donors (Lipinski definition) is 2. The molecule has 0 spiro atoms. The Morgan fingerprint density at radius 3 is 3.00 bits per heavy atom. The number of imidazole rings is 1. The molecule has 92 valence electrons. The first-order chi connectivity index (χ1) is 8.61. The minimum Gasteiger partial charge on any atom is -0.448 e. The van der Waals surface area contributed by atoms with Crippen molar-refractivity contribution < 1.29 is 9.53 Å². The number of anilines is 1. The molecule has 0 saturated heterocycles. The van der Waals surface area contributed by atoms with Crippen LogP contribution in [0.15, 0.2) is 18.2 Å². The number of benzene rings is 1. The SMILES string of the molecule is N#Cc1ccc2nc(N)n(CCOC(N)=O)c2c1. The minimum atomic E-state index is -0.837. The van der Waals surface area contributed by atoms with Crippen molar-refractivity contribution in [3.8, 4) is 6.07 Å². The van der Waals surface area contributed by atoms with Crippen molar-refractivity contribution in [1.82, 2.24) is 9.55 Å². The summed E-state index contributed by atoms with van der Waals surface area (Å²) >= 11 is 0. The van der Waals surface area contributed by atoms with E-state index < -0.39 is 6.09 Å². The van der Waals surface area contributed by atoms with Gasteiger partial charge in [-0.1, -0.05) is 0 Å². The molecule has 2 aromatic rings. The van der Waals surface area contributed by atoms with Gasteiger partial charge in [-0.05, 0) is 18.2 Å². The highest BCUT2D eigenvalue weighted by atomic mass is 16.5. The highest BCUT2D eigenvalue weighted by Crippen LogP contribution is 2.19. The maximum absolute atomic E-state index is 10.5. The van der Waals surface area contributed by atoms with E-state index in [1.165, 1.54) is 0 Å². The summed E-state index contributed by atoms with van der Waals surface area (Å²) in [6, 6.07) is 7.11. The van der Waals surface area contributed by atoms with Crippen LogP contribution in [0.5, 0.6) is 0 Å². The summed E-state index contributed by atoms with van der Waals surface area (Å²) in [6.45, 7) is 0.432. The molecule has 4 N–H and O–H groups in total. The number of carbonyl (C=O) groups is 1. The summed E-state index contributed by atoms with van der Waals surface area (Å²) < 4.78 is 6.31. The van der Waals surface area contributed by atoms with Gasteiger partial charge in [-0.2, -0.15) is 5.26 Å². The lowest BCUT2D eigenvalue weighted by Crippen LogP contribution is -2.17. The smallest absolute Gasteiger partial charge is 0.404 e. The molecule has 0 radical (unpaired) electrons. The number of nitrogens with two attached hydrogens (primary N) is 2. The van der Waals surface area contributed by atoms with E-state index >= 15 is 0 Å². The number of rotatable bonds is 3. The Balaban J connectivity index is 2.33. The molecule has 0 aliphatic rings. The minimum absolute atomic E-state index is 0.0990. The topological polar surface area (TPSA) is 120 Å². The molecular formula is C11H11N5O2. The molecule has 0 bridgehead atoms. The van der Waals surface area contributed by atoms with Gasteiger partial charge in [-0.25, -0.2) is 9.78 Å². The number of fused-ring (bicyclic) bond motifs is 1. The molecule has 0 unspecified atom stereocenters. The Bertz CT molecular complexity index is 641. The average molecular weight is 245 g/mol. The van der Waals surface area contributed by atoms with Crippen LogP contribution in [0.1, 0.15) is 5.56 Å². The van der Waals surface area contributed by atoms with Crippen molar-refractivity contribution in [2.45, 2.75) is 6.54 Å². The van der Waals surface area contributed by atoms with Gasteiger partial charge in [0.15, 0.2) is 0 Å². The lowest BCUT2D eigenvalue weighted by Gasteiger charge is -2.06. The average Bonchev–Trinajstić information content (AvgIpc) is 2.64. The number of nitriles is 1. The zero-order valence-electron chi connectivity index (χ0n) is 9.46. The number of amides is 1. The fraction of sp³-hybridized carbons (Fsp3) is 0.182. The molecule has 0 atom stereocenters. The van der Waals surface area contributed by atoms with E-state index in [0.29, 0.717) is 23.6 Å². The Hall–Kier alpha value is -2.75. The molecule has 1 heterocycles. The summed E-state index contributed by atoms with van der Waals surface area (Å²) in [7, 11) is 0. The van der Waals surface area contributed by atoms with E-state index in [1.807, 2.05) is 6.07 Å². The Kier molecular flexibility index (Phi) is 3.02. The predicted molar refractivity (Wildman–Crippen MR) is 64.4 cm³/mol. The zero-order valence-corrected chi connectivity index (χ0v) is 9.46. The van der Waals surface area contributed by atoms with Crippen LogP contribution in [0.3, 0.4) is 0 Å². The molecule has 1 amide bonds. The standard InChI is InChI=1S/C11H11N5O2/c12-6-7-1-2-8-9(5-7)16(10(13)15-8)3-4-18-11(14)17/h1-2,5H,3-4H2,(H2,13,15)(H2,14,17). The fourth-order valence-electron chi connectivity index (χ4n) is 1.68. The Morgan fingerprint density at radius 1 is 1.56 bits per heavy atom. The van der Waals surface area contributed by atoms with E-state index in [2.05, 4.69) is 9.72 Å². The Labute approximate surface area is 103 Å². The van der Waals surface area contributed by atoms with Crippen LogP contribution in [-0.2, 0) is 11.3 Å². The van der Waals surface area contributed by atoms with Crippen LogP contribution >= 0.6 is 0 Å². The first-order valence-corrected chi connectivity index (χ1v) is 5.20. The number of primary amides is 1. The van der Waals surface area contributed by atoms with Gasteiger partial charge < -0.3 is 20.8 Å². The van der Waals surface area contributed by atoms with Crippen molar-refractivity contribution in [2.75, 3.05) is 12.3 Å². The van der Waals surface area contributed by atoms with Crippen molar-refractivity contribution >= 4 is 23.1 Å². The molecule has 0 aliphatic heterocycles. The lowest BCUT2D eigenvalue weighted by molar-refractivity contribution is 0.153. The number of nitrogens with zero attached hydrogens (tertiary/aromatic N) is 3. The van der Waals surface area contributed by atoms with Crippen LogP contribution < -0.4 is 11.5 Å². The molecule has 0 saturated carbocycles. The quantitative estimate of drug-likeness (QED) is 0.819. The third-order valence-corrected chi connectivity index (χ3v) is 2.47. The van der Waals surface area contributed by atoms with Gasteiger partial charge in [0.1, 0.15) is 6.61 Å². The third kappa shape index (κ3) is 2.17. The van der Waals surface area contributed by atoms with Crippen molar-refractivity contribution in [1.29, 1.82) is 5.26 Å². The van der Waals surface area contributed by atoms with Gasteiger partial charge in [-0.3, -0.25) is 0 Å². The number of hydrogen-bond acceptors (Lipinski definition) is 5. The summed E-state index contributed by atoms with van der Waals surface area (Å²) in [5.74, 6) is 0.299. The largest absolute Gasteiger partial charge is 0.448 e. The van der Waals surface area contributed by atoms with Crippen LogP contribution in [0.25, 0.3) is 11.0 Å². The normalized spacial score (nSPS) is 10.2. The molecule has 2 rings (SSSR count). The first-order valence-electron chi connectivity index (χ1n) is 5.20. The molecule has 0 fully saturated rings. The monoisotopic (exact) mass is 245 g/mol. The van der Waals surface area contributed by atoms with Crippen molar-refractivity contribution in [3.63, 3.8) is 0 Å². The van der Waals surface area contributed by atoms with Crippen LogP contribution in [0.4, 0.5) is 10.7 Å². The molecular weight excluding hydrogens is 234 g/mol.